The van der Waals surface area contributed by atoms with Crippen LogP contribution in [0.2, 0.25) is 15.7 Å². The Morgan fingerprint density at radius 2 is 0.945 bits per heavy atom. The summed E-state index contributed by atoms with van der Waals surface area (Å²) in [6, 6.07) is 0. The van der Waals surface area contributed by atoms with E-state index in [9.17, 15) is 18.0 Å². The zero-order valence-electron chi connectivity index (χ0n) is 61.1. The van der Waals surface area contributed by atoms with Gasteiger partial charge in [0.2, 0.25) is 22.5 Å². The molecule has 4 fully saturated rings. The fourth-order valence-electron chi connectivity index (χ4n) is 11.1. The predicted octanol–water partition coefficient (Wildman–Crippen LogP) is 15.4. The van der Waals surface area contributed by atoms with Gasteiger partial charge in [0.1, 0.15) is 45.4 Å². The van der Waals surface area contributed by atoms with Gasteiger partial charge in [0, 0.05) is 124 Å². The fourth-order valence-corrected chi connectivity index (χ4v) is 17.3. The second kappa shape index (κ2) is 38.2. The molecular formula is C68H78Br3Cl3F3N21O7S4. The predicted molar refractivity (Wildman–Crippen MR) is 432 cm³/mol. The number of aromatic amines is 1. The molecule has 0 spiro atoms. The molecule has 12 aromatic rings. The van der Waals surface area contributed by atoms with Crippen LogP contribution in [-0.2, 0) is 30.3 Å². The van der Waals surface area contributed by atoms with Crippen LogP contribution in [0.5, 0.6) is 0 Å². The van der Waals surface area contributed by atoms with E-state index >= 15 is 0 Å². The highest BCUT2D eigenvalue weighted by molar-refractivity contribution is 9.11. The van der Waals surface area contributed by atoms with Crippen LogP contribution in [0.1, 0.15) is 72.4 Å². The normalized spacial score (nSPS) is 14.8. The number of fused-ring (bicyclic) bond motifs is 4. The highest BCUT2D eigenvalue weighted by Crippen LogP contribution is 2.38. The number of hydrogen-bond donors (Lipinski definition) is 3. The number of carbonyl (C=O) groups is 2. The van der Waals surface area contributed by atoms with E-state index in [0.29, 0.717) is 44.7 Å². The van der Waals surface area contributed by atoms with E-state index in [1.54, 1.807) is 38.9 Å². The standard InChI is InChI=1S/C25H35N7O3S.C15H16BrN5OS.C11H8BrClN4S.C6HBrCl2N2S.C5H8N2.C4H9NO.C2HF3O2/c1-17-14-32(18(2)26-17)22-21-20(27-23(28-22)30-10-12-34-13-11-30)19(16-36-21)15-29-6-8-31(9-7-29)24(33)35-25(3,4)5;1-9-7-21(10(2)17-9)14-13-12(11(16)8-23-13)18-15(19-14)20-3-5-22-6-4-20;1-5-3-17(6(2)14-5)10-9-8(7(12)4-18-9)15-11(13)16-10;7-2-1-12-4-3(2)10-6(9)11-5(4)8;1-4-3-6-5(2)7-4;1-3-6-4-2-5-1;3-2(4,5)1(6)7/h14,16H,6-13,15H2,1-5H3;7-8H,3-6H2,1-2H3;3-4H,1-2H3;1H;3H,1-2H3,(H,6,7);5H,1-4H2;(H,6,7). The number of aryl methyl sites for hydroxylation is 8. The number of anilines is 2. The Morgan fingerprint density at radius 3 is 1.33 bits per heavy atom. The number of ether oxygens (including phenoxy) is 4. The molecule has 0 aromatic carbocycles. The first-order valence-corrected chi connectivity index (χ1v) is 40.9. The Labute approximate surface area is 681 Å². The molecule has 0 radical (unpaired) electrons. The lowest BCUT2D eigenvalue weighted by Gasteiger charge is -2.35. The first kappa shape index (κ1) is 84.7. The molecule has 12 aromatic heterocycles. The molecule has 109 heavy (non-hydrogen) atoms. The number of carboxylic acids is 1. The first-order valence-electron chi connectivity index (χ1n) is 33.9. The van der Waals surface area contributed by atoms with E-state index in [4.69, 9.17) is 83.6 Å². The van der Waals surface area contributed by atoms with E-state index in [-0.39, 0.29) is 16.7 Å². The molecule has 0 unspecified atom stereocenters. The number of amides is 1. The zero-order chi connectivity index (χ0) is 78.6. The number of halogens is 9. The summed E-state index contributed by atoms with van der Waals surface area (Å²) in [6.07, 6.45) is 2.50. The molecule has 0 bridgehead atoms. The average Bonchev–Trinajstić information content (AvgIpc) is 1.65. The van der Waals surface area contributed by atoms with Gasteiger partial charge in [-0.3, -0.25) is 18.6 Å². The summed E-state index contributed by atoms with van der Waals surface area (Å²) in [7, 11) is 0. The Balaban J connectivity index is 0.000000149. The molecule has 0 saturated carbocycles. The number of alkyl halides is 3. The number of nitrogens with zero attached hydrogens (tertiary/aromatic N) is 19. The summed E-state index contributed by atoms with van der Waals surface area (Å²) in [4.78, 5) is 86.5. The third-order valence-corrected chi connectivity index (χ3v) is 23.4. The molecule has 16 heterocycles. The van der Waals surface area contributed by atoms with Gasteiger partial charge < -0.3 is 49.1 Å². The van der Waals surface area contributed by atoms with Crippen LogP contribution in [0.25, 0.3) is 58.3 Å². The number of carboxylic acid groups (broad SMARTS) is 1. The van der Waals surface area contributed by atoms with Gasteiger partial charge in [-0.2, -0.15) is 28.1 Å². The van der Waals surface area contributed by atoms with E-state index < -0.39 is 17.7 Å². The van der Waals surface area contributed by atoms with Crippen molar-refractivity contribution in [2.45, 2.75) is 94.5 Å². The summed E-state index contributed by atoms with van der Waals surface area (Å²) in [5, 5.41) is 19.2. The van der Waals surface area contributed by atoms with E-state index in [0.717, 1.165) is 202 Å². The van der Waals surface area contributed by atoms with Crippen LogP contribution in [0.3, 0.4) is 0 Å². The third kappa shape index (κ3) is 22.8. The number of rotatable bonds is 7. The quantitative estimate of drug-likeness (QED) is 0.0986. The van der Waals surface area contributed by atoms with Crippen molar-refractivity contribution in [3.63, 3.8) is 0 Å². The minimum Gasteiger partial charge on any atom is -0.475 e. The largest absolute Gasteiger partial charge is 0.490 e. The van der Waals surface area contributed by atoms with Gasteiger partial charge in [0.15, 0.2) is 22.6 Å². The highest BCUT2D eigenvalue weighted by atomic mass is 79.9. The molecule has 16 rings (SSSR count). The lowest BCUT2D eigenvalue weighted by Crippen LogP contribution is -2.49. The monoisotopic (exact) mass is 1830 g/mol. The number of aliphatic carboxylic acids is 1. The topological polar surface area (TPSA) is 302 Å². The van der Waals surface area contributed by atoms with Gasteiger partial charge in [-0.15, -0.1) is 45.3 Å². The second-order valence-electron chi connectivity index (χ2n) is 25.7. The Morgan fingerprint density at radius 1 is 0.541 bits per heavy atom. The van der Waals surface area contributed by atoms with Crippen molar-refractivity contribution in [3.05, 3.63) is 127 Å². The summed E-state index contributed by atoms with van der Waals surface area (Å²) >= 11 is 34.3. The summed E-state index contributed by atoms with van der Waals surface area (Å²) in [5.41, 5.74) is 8.28. The van der Waals surface area contributed by atoms with Crippen molar-refractivity contribution < 1.29 is 46.8 Å². The number of imidazole rings is 4. The molecular weight excluding hydrogens is 1750 g/mol. The van der Waals surface area contributed by atoms with Crippen molar-refractivity contribution >= 4 is 193 Å². The lowest BCUT2D eigenvalue weighted by atomic mass is 10.2. The van der Waals surface area contributed by atoms with Crippen molar-refractivity contribution in [1.82, 2.24) is 93.6 Å². The molecule has 4 aliphatic heterocycles. The van der Waals surface area contributed by atoms with Gasteiger partial charge in [-0.25, -0.2) is 54.4 Å². The van der Waals surface area contributed by atoms with Gasteiger partial charge in [-0.1, -0.05) is 11.6 Å². The molecule has 3 N–H and O–H groups in total. The van der Waals surface area contributed by atoms with Crippen LogP contribution in [0.4, 0.5) is 29.9 Å². The summed E-state index contributed by atoms with van der Waals surface area (Å²) in [6.45, 7) is 35.0. The Bertz CT molecular complexity index is 5070. The molecule has 1 amide bonds. The SMILES string of the molecule is C1COCCN1.Cc1cn(-c2nc(Cl)nc3c(Br)csc23)c(C)n1.Cc1cn(-c2nc(N3CCOCC3)nc3c(Br)csc23)c(C)n1.Cc1cn(-c2nc(N3CCOCC3)nc3c(CN4CCN(C(=O)OC(C)(C)C)CC4)csc23)c(C)n1.Cc1cnc(C)[nH]1.Clc1nc(Cl)c2scc(Br)c2n1.O=C(O)C(F)(F)F. The third-order valence-electron chi connectivity index (χ3n) is 16.0. The fraction of sp³-hybridized carbons (Fsp3) is 0.441. The van der Waals surface area contributed by atoms with Crippen LogP contribution in [-0.4, -0.2) is 222 Å². The van der Waals surface area contributed by atoms with E-state index in [1.165, 1.54) is 16.9 Å². The molecule has 0 atom stereocenters. The number of carbonyl (C=O) groups excluding carboxylic acids is 1. The maximum atomic E-state index is 12.5. The zero-order valence-corrected chi connectivity index (χ0v) is 71.4. The number of H-pyrrole nitrogens is 1. The second-order valence-corrected chi connectivity index (χ2v) is 32.8. The maximum absolute atomic E-state index is 12.5. The number of piperazine rings is 1. The number of aromatic nitrogens is 16. The van der Waals surface area contributed by atoms with Crippen molar-refractivity contribution in [2.75, 3.05) is 115 Å². The average molecular weight is 1830 g/mol. The Hall–Kier alpha value is -6.76. The van der Waals surface area contributed by atoms with Crippen molar-refractivity contribution in [2.24, 2.45) is 0 Å². The van der Waals surface area contributed by atoms with E-state index in [2.05, 4.69) is 128 Å². The lowest BCUT2D eigenvalue weighted by molar-refractivity contribution is -0.192. The Kier molecular flexibility index (Phi) is 29.7. The molecule has 584 valence electrons. The molecule has 4 saturated heterocycles. The minimum atomic E-state index is -5.08. The molecule has 0 aliphatic carbocycles. The molecule has 28 nitrogen and oxygen atoms in total. The highest BCUT2D eigenvalue weighted by Gasteiger charge is 2.38. The van der Waals surface area contributed by atoms with Gasteiger partial charge in [0.05, 0.1) is 94.5 Å². The first-order chi connectivity index (χ1) is 51.8. The summed E-state index contributed by atoms with van der Waals surface area (Å²) in [5.74, 6) is 4.99. The molecule has 4 aliphatic rings. The number of nitrogens with one attached hydrogen (secondary N) is 2. The van der Waals surface area contributed by atoms with Crippen LogP contribution in [0.15, 0.2) is 59.7 Å². The van der Waals surface area contributed by atoms with Gasteiger partial charge in [-0.05, 0) is 153 Å². The number of morpholine rings is 3. The summed E-state index contributed by atoms with van der Waals surface area (Å²) < 4.78 is 66.1. The smallest absolute Gasteiger partial charge is 0.475 e. The van der Waals surface area contributed by atoms with Crippen LogP contribution < -0.4 is 15.1 Å². The van der Waals surface area contributed by atoms with Crippen molar-refractivity contribution in [1.29, 1.82) is 0 Å². The number of hydrogen-bond acceptors (Lipinski definition) is 26. The van der Waals surface area contributed by atoms with E-state index in [1.807, 2.05) is 121 Å². The molecule has 41 heteroatoms. The number of thiophene rings is 4. The van der Waals surface area contributed by atoms with Gasteiger partial charge >= 0.3 is 18.2 Å². The minimum absolute atomic E-state index is 0.173. The van der Waals surface area contributed by atoms with Crippen LogP contribution >= 0.6 is 128 Å². The van der Waals surface area contributed by atoms with Crippen molar-refractivity contribution in [3.8, 4) is 17.5 Å². The van der Waals surface area contributed by atoms with Crippen LogP contribution in [0, 0.1) is 55.4 Å². The maximum Gasteiger partial charge on any atom is 0.490 e. The van der Waals surface area contributed by atoms with Gasteiger partial charge in [0.25, 0.3) is 0 Å².